The lowest BCUT2D eigenvalue weighted by Gasteiger charge is -2.10. The third kappa shape index (κ3) is 3.95. The summed E-state index contributed by atoms with van der Waals surface area (Å²) in [6, 6.07) is 6.92. The molecule has 0 fully saturated rings. The van der Waals surface area contributed by atoms with Crippen molar-refractivity contribution in [2.45, 2.75) is 6.92 Å². The van der Waals surface area contributed by atoms with Gasteiger partial charge in [-0.05, 0) is 41.1 Å². The second kappa shape index (κ2) is 6.91. The molecule has 5 nitrogen and oxygen atoms in total. The fourth-order valence-corrected chi connectivity index (χ4v) is 2.69. The zero-order valence-electron chi connectivity index (χ0n) is 11.1. The minimum absolute atomic E-state index is 0.232. The molecule has 7 heteroatoms. The van der Waals surface area contributed by atoms with E-state index in [0.717, 1.165) is 8.95 Å². The summed E-state index contributed by atoms with van der Waals surface area (Å²) in [5, 5.41) is 0. The van der Waals surface area contributed by atoms with Gasteiger partial charge < -0.3 is 15.2 Å². The predicted molar refractivity (Wildman–Crippen MR) is 86.5 cm³/mol. The van der Waals surface area contributed by atoms with E-state index in [0.29, 0.717) is 5.75 Å². The molecule has 2 N–H and O–H groups in total. The van der Waals surface area contributed by atoms with Gasteiger partial charge in [-0.25, -0.2) is 9.78 Å². The highest BCUT2D eigenvalue weighted by atomic mass is 79.9. The molecule has 1 aromatic carbocycles. The van der Waals surface area contributed by atoms with Gasteiger partial charge in [0.05, 0.1) is 28.5 Å². The Morgan fingerprint density at radius 2 is 2.10 bits per heavy atom. The van der Waals surface area contributed by atoms with Crippen LogP contribution in [0.25, 0.3) is 0 Å². The van der Waals surface area contributed by atoms with E-state index in [1.807, 2.05) is 12.1 Å². The van der Waals surface area contributed by atoms with E-state index in [1.165, 1.54) is 12.3 Å². The van der Waals surface area contributed by atoms with E-state index < -0.39 is 5.97 Å². The number of esters is 1. The number of benzene rings is 1. The molecular weight excluding hydrogens is 404 g/mol. The van der Waals surface area contributed by atoms with Crippen LogP contribution in [0.4, 0.5) is 5.69 Å². The fraction of sp³-hybridized carbons (Fsp3) is 0.143. The number of hydrogen-bond acceptors (Lipinski definition) is 5. The van der Waals surface area contributed by atoms with Crippen LogP contribution in [0.1, 0.15) is 17.3 Å². The van der Waals surface area contributed by atoms with Crippen LogP contribution in [0.5, 0.6) is 11.6 Å². The molecule has 0 saturated carbocycles. The van der Waals surface area contributed by atoms with Gasteiger partial charge in [0.2, 0.25) is 5.88 Å². The summed E-state index contributed by atoms with van der Waals surface area (Å²) in [5.41, 5.74) is 6.21. The Morgan fingerprint density at radius 3 is 2.76 bits per heavy atom. The standard InChI is InChI=1S/C14H12Br2N2O3/c1-2-20-14(19)9-6-13(18-7-11(9)17)21-12-4-3-8(15)5-10(12)16/h3-7H,2,17H2,1H3. The van der Waals surface area contributed by atoms with Crippen LogP contribution in [0.15, 0.2) is 39.4 Å². The second-order valence-corrected chi connectivity index (χ2v) is 5.78. The summed E-state index contributed by atoms with van der Waals surface area (Å²) in [7, 11) is 0. The molecule has 0 radical (unpaired) electrons. The number of rotatable bonds is 4. The molecule has 0 saturated heterocycles. The largest absolute Gasteiger partial charge is 0.462 e. The number of carbonyl (C=O) groups is 1. The van der Waals surface area contributed by atoms with Gasteiger partial charge in [-0.2, -0.15) is 0 Å². The molecule has 0 aliphatic heterocycles. The van der Waals surface area contributed by atoms with Crippen molar-refractivity contribution in [2.75, 3.05) is 12.3 Å². The third-order valence-corrected chi connectivity index (χ3v) is 3.63. The summed E-state index contributed by atoms with van der Waals surface area (Å²) in [4.78, 5) is 15.8. The molecule has 0 atom stereocenters. The molecule has 0 spiro atoms. The van der Waals surface area contributed by atoms with Gasteiger partial charge in [0.15, 0.2) is 0 Å². The predicted octanol–water partition coefficient (Wildman–Crippen LogP) is 4.16. The number of aromatic nitrogens is 1. The van der Waals surface area contributed by atoms with Gasteiger partial charge in [-0.3, -0.25) is 0 Å². The van der Waals surface area contributed by atoms with Crippen LogP contribution < -0.4 is 10.5 Å². The Balaban J connectivity index is 2.28. The van der Waals surface area contributed by atoms with Crippen molar-refractivity contribution >= 4 is 43.5 Å². The Labute approximate surface area is 138 Å². The smallest absolute Gasteiger partial charge is 0.340 e. The van der Waals surface area contributed by atoms with Crippen molar-refractivity contribution in [3.8, 4) is 11.6 Å². The first kappa shape index (κ1) is 15.8. The maximum atomic E-state index is 11.8. The normalized spacial score (nSPS) is 10.2. The second-order valence-electron chi connectivity index (χ2n) is 4.01. The van der Waals surface area contributed by atoms with Crippen molar-refractivity contribution in [1.29, 1.82) is 0 Å². The van der Waals surface area contributed by atoms with Gasteiger partial charge in [0, 0.05) is 10.5 Å². The molecular formula is C14H12Br2N2O3. The number of nitrogen functional groups attached to an aromatic ring is 1. The topological polar surface area (TPSA) is 74.4 Å². The summed E-state index contributed by atoms with van der Waals surface area (Å²) < 4.78 is 12.3. The number of ether oxygens (including phenoxy) is 2. The van der Waals surface area contributed by atoms with Gasteiger partial charge >= 0.3 is 5.97 Å². The van der Waals surface area contributed by atoms with Crippen molar-refractivity contribution < 1.29 is 14.3 Å². The summed E-state index contributed by atoms with van der Waals surface area (Å²) >= 11 is 6.75. The number of hydrogen-bond donors (Lipinski definition) is 1. The van der Waals surface area contributed by atoms with Gasteiger partial charge in [0.1, 0.15) is 5.75 Å². The van der Waals surface area contributed by atoms with E-state index in [4.69, 9.17) is 15.2 Å². The first-order valence-electron chi connectivity index (χ1n) is 6.06. The van der Waals surface area contributed by atoms with E-state index in [1.54, 1.807) is 13.0 Å². The Hall–Kier alpha value is -1.60. The molecule has 0 aliphatic rings. The quantitative estimate of drug-likeness (QED) is 0.759. The van der Waals surface area contributed by atoms with E-state index in [-0.39, 0.29) is 23.7 Å². The SMILES string of the molecule is CCOC(=O)c1cc(Oc2ccc(Br)cc2Br)ncc1N. The van der Waals surface area contributed by atoms with Gasteiger partial charge in [-0.1, -0.05) is 15.9 Å². The summed E-state index contributed by atoms with van der Waals surface area (Å²) in [5.74, 6) is 0.331. The lowest BCUT2D eigenvalue weighted by Crippen LogP contribution is -2.08. The number of carbonyl (C=O) groups excluding carboxylic acids is 1. The zero-order chi connectivity index (χ0) is 15.4. The third-order valence-electron chi connectivity index (χ3n) is 2.51. The minimum Gasteiger partial charge on any atom is -0.462 e. The number of nitrogens with two attached hydrogens (primary N) is 1. The highest BCUT2D eigenvalue weighted by molar-refractivity contribution is 9.11. The van der Waals surface area contributed by atoms with Gasteiger partial charge in [0.25, 0.3) is 0 Å². The van der Waals surface area contributed by atoms with Crippen LogP contribution in [0, 0.1) is 0 Å². The lowest BCUT2D eigenvalue weighted by molar-refractivity contribution is 0.0527. The minimum atomic E-state index is -0.503. The van der Waals surface area contributed by atoms with Crippen molar-refractivity contribution in [3.05, 3.63) is 45.0 Å². The van der Waals surface area contributed by atoms with Gasteiger partial charge in [-0.15, -0.1) is 0 Å². The first-order valence-corrected chi connectivity index (χ1v) is 7.65. The van der Waals surface area contributed by atoms with Crippen molar-refractivity contribution in [1.82, 2.24) is 4.98 Å². The number of anilines is 1. The fourth-order valence-electron chi connectivity index (χ4n) is 1.56. The van der Waals surface area contributed by atoms with Crippen LogP contribution in [-0.2, 0) is 4.74 Å². The molecule has 0 amide bonds. The van der Waals surface area contributed by atoms with Crippen molar-refractivity contribution in [2.24, 2.45) is 0 Å². The summed E-state index contributed by atoms with van der Waals surface area (Å²) in [6.07, 6.45) is 1.37. The maximum Gasteiger partial charge on any atom is 0.340 e. The Morgan fingerprint density at radius 1 is 1.33 bits per heavy atom. The molecule has 0 unspecified atom stereocenters. The number of nitrogens with zero attached hydrogens (tertiary/aromatic N) is 1. The highest BCUT2D eigenvalue weighted by Crippen LogP contribution is 2.32. The van der Waals surface area contributed by atoms with E-state index in [2.05, 4.69) is 36.8 Å². The van der Waals surface area contributed by atoms with Crippen LogP contribution in [0.2, 0.25) is 0 Å². The molecule has 0 bridgehead atoms. The lowest BCUT2D eigenvalue weighted by atomic mass is 10.2. The monoisotopic (exact) mass is 414 g/mol. The number of pyridine rings is 1. The van der Waals surface area contributed by atoms with Crippen LogP contribution in [-0.4, -0.2) is 17.6 Å². The average Bonchev–Trinajstić information content (AvgIpc) is 2.44. The molecule has 0 aliphatic carbocycles. The van der Waals surface area contributed by atoms with Crippen molar-refractivity contribution in [3.63, 3.8) is 0 Å². The highest BCUT2D eigenvalue weighted by Gasteiger charge is 2.14. The molecule has 2 aromatic rings. The molecule has 2 rings (SSSR count). The molecule has 1 aromatic heterocycles. The molecule has 21 heavy (non-hydrogen) atoms. The zero-order valence-corrected chi connectivity index (χ0v) is 14.3. The van der Waals surface area contributed by atoms with E-state index in [9.17, 15) is 4.79 Å². The first-order chi connectivity index (χ1) is 10.0. The van der Waals surface area contributed by atoms with Crippen LogP contribution in [0.3, 0.4) is 0 Å². The summed E-state index contributed by atoms with van der Waals surface area (Å²) in [6.45, 7) is 2.00. The maximum absolute atomic E-state index is 11.8. The average molecular weight is 416 g/mol. The Kier molecular flexibility index (Phi) is 5.19. The van der Waals surface area contributed by atoms with Crippen LogP contribution >= 0.6 is 31.9 Å². The molecule has 1 heterocycles. The number of halogens is 2. The van der Waals surface area contributed by atoms with E-state index >= 15 is 0 Å². The Bertz CT molecular complexity index is 677. The molecule has 110 valence electrons.